The third-order valence-corrected chi connectivity index (χ3v) is 1.73. The number of nitriles is 1. The minimum atomic E-state index is -0.317. The molecule has 1 atom stereocenters. The third kappa shape index (κ3) is 0.815. The molecule has 0 amide bonds. The van der Waals surface area contributed by atoms with Crippen molar-refractivity contribution in [3.63, 3.8) is 0 Å². The first-order valence-electron chi connectivity index (χ1n) is 3.45. The summed E-state index contributed by atoms with van der Waals surface area (Å²) in [4.78, 5) is 0. The van der Waals surface area contributed by atoms with E-state index in [1.54, 1.807) is 24.3 Å². The molecule has 58 valence electrons. The van der Waals surface area contributed by atoms with Crippen LogP contribution in [-0.4, -0.2) is 5.71 Å². The smallest absolute Gasteiger partial charge is 0.209 e. The summed E-state index contributed by atoms with van der Waals surface area (Å²) in [5, 5.41) is 23.0. The number of rotatable bonds is 0. The monoisotopic (exact) mass is 159 g/mol. The Morgan fingerprint density at radius 1 is 1.42 bits per heavy atom. The molecule has 1 aromatic carbocycles. The lowest BCUT2D eigenvalue weighted by Crippen LogP contribution is -2.95. The second kappa shape index (κ2) is 2.41. The van der Waals surface area contributed by atoms with Crippen molar-refractivity contribution in [3.8, 4) is 6.07 Å². The molecule has 0 saturated heterocycles. The largest absolute Gasteiger partial charge is 0.601 e. The lowest BCUT2D eigenvalue weighted by molar-refractivity contribution is -0.780. The lowest BCUT2D eigenvalue weighted by atomic mass is 10.1. The van der Waals surface area contributed by atoms with E-state index in [9.17, 15) is 5.21 Å². The van der Waals surface area contributed by atoms with E-state index < -0.39 is 0 Å². The van der Waals surface area contributed by atoms with Crippen LogP contribution in [0.4, 0.5) is 5.69 Å². The van der Waals surface area contributed by atoms with Crippen molar-refractivity contribution in [3.05, 3.63) is 35.0 Å². The Kier molecular flexibility index (Phi) is 1.40. The van der Waals surface area contributed by atoms with E-state index in [4.69, 9.17) is 5.26 Å². The van der Waals surface area contributed by atoms with Gasteiger partial charge in [-0.15, -0.1) is 0 Å². The van der Waals surface area contributed by atoms with Crippen LogP contribution < -0.4 is 5.17 Å². The number of nitrogens with zero attached hydrogens (tertiary/aromatic N) is 2. The number of hydrogen-bond donors (Lipinski definition) is 1. The van der Waals surface area contributed by atoms with Crippen LogP contribution in [-0.2, 0) is 0 Å². The molecule has 0 aromatic heterocycles. The van der Waals surface area contributed by atoms with Gasteiger partial charge in [0.15, 0.2) is 5.69 Å². The van der Waals surface area contributed by atoms with E-state index in [0.717, 1.165) is 0 Å². The predicted molar refractivity (Wildman–Crippen MR) is 42.6 cm³/mol. The topological polar surface area (TPSA) is 63.6 Å². The van der Waals surface area contributed by atoms with Crippen molar-refractivity contribution in [2.75, 3.05) is 0 Å². The summed E-state index contributed by atoms with van der Waals surface area (Å²) in [6.07, 6.45) is 0. The predicted octanol–water partition coefficient (Wildman–Crippen LogP) is -0.0579. The average molecular weight is 159 g/mol. The summed E-state index contributed by atoms with van der Waals surface area (Å²) in [6.45, 7) is 0. The molecule has 4 heteroatoms. The van der Waals surface area contributed by atoms with Gasteiger partial charge in [-0.05, 0) is 6.07 Å². The molecule has 0 aliphatic carbocycles. The molecule has 12 heavy (non-hydrogen) atoms. The molecule has 0 fully saturated rings. The first kappa shape index (κ1) is 6.98. The first-order chi connectivity index (χ1) is 5.83. The maximum Gasteiger partial charge on any atom is 0.209 e. The molecule has 1 aliphatic heterocycles. The van der Waals surface area contributed by atoms with Gasteiger partial charge in [0, 0.05) is 6.07 Å². The van der Waals surface area contributed by atoms with Gasteiger partial charge in [0.05, 0.1) is 5.56 Å². The third-order valence-electron chi connectivity index (χ3n) is 1.73. The van der Waals surface area contributed by atoms with Crippen LogP contribution in [0.5, 0.6) is 0 Å². The van der Waals surface area contributed by atoms with Crippen molar-refractivity contribution in [1.82, 2.24) is 0 Å². The molecule has 2 rings (SSSR count). The molecule has 1 aliphatic rings. The summed E-state index contributed by atoms with van der Waals surface area (Å²) in [5.74, 6) is 0. The Hall–Kier alpha value is -1.70. The number of benzene rings is 1. The van der Waals surface area contributed by atoms with Gasteiger partial charge in [0.1, 0.15) is 6.07 Å². The fraction of sp³-hybridized carbons (Fsp3) is 0. The second-order valence-corrected chi connectivity index (χ2v) is 2.42. The molecule has 1 N–H and O–H groups in total. The molecule has 1 unspecified atom stereocenters. The van der Waals surface area contributed by atoms with E-state index >= 15 is 0 Å². The van der Waals surface area contributed by atoms with Gasteiger partial charge in [0.2, 0.25) is 5.71 Å². The summed E-state index contributed by atoms with van der Waals surface area (Å²) in [6, 6.07) is 8.81. The Labute approximate surface area is 68.9 Å². The van der Waals surface area contributed by atoms with Crippen LogP contribution in [0, 0.1) is 16.5 Å². The summed E-state index contributed by atoms with van der Waals surface area (Å²) in [5.41, 5.74) is 1.38. The zero-order valence-electron chi connectivity index (χ0n) is 6.11. The van der Waals surface area contributed by atoms with Crippen molar-refractivity contribution in [2.45, 2.75) is 0 Å². The van der Waals surface area contributed by atoms with Gasteiger partial charge in [-0.25, -0.2) is 5.17 Å². The highest BCUT2D eigenvalue weighted by molar-refractivity contribution is 6.14. The zero-order chi connectivity index (χ0) is 8.55. The van der Waals surface area contributed by atoms with E-state index in [2.05, 4.69) is 5.10 Å². The van der Waals surface area contributed by atoms with Gasteiger partial charge in [-0.3, -0.25) is 0 Å². The lowest BCUT2D eigenvalue weighted by Gasteiger charge is -2.08. The SMILES string of the molecule is N#CC1=N[NH+]([O-])c2ccccc21. The summed E-state index contributed by atoms with van der Waals surface area (Å²) in [7, 11) is 0. The number of nitrogens with one attached hydrogen (secondary N) is 1. The van der Waals surface area contributed by atoms with Crippen LogP contribution in [0.3, 0.4) is 0 Å². The van der Waals surface area contributed by atoms with Gasteiger partial charge in [-0.2, -0.15) is 5.26 Å². The normalized spacial score (nSPS) is 19.7. The standard InChI is InChI=1S/C8H5N3O/c9-5-7-6-3-1-2-4-8(6)11(12)10-7/h1-4,11H. The van der Waals surface area contributed by atoms with Crippen molar-refractivity contribution < 1.29 is 5.17 Å². The highest BCUT2D eigenvalue weighted by Crippen LogP contribution is 2.14. The molecular weight excluding hydrogens is 154 g/mol. The van der Waals surface area contributed by atoms with E-state index in [0.29, 0.717) is 11.3 Å². The van der Waals surface area contributed by atoms with Crippen molar-refractivity contribution >= 4 is 11.4 Å². The molecule has 4 nitrogen and oxygen atoms in total. The molecule has 0 radical (unpaired) electrons. The summed E-state index contributed by atoms with van der Waals surface area (Å²) < 4.78 is 0. The summed E-state index contributed by atoms with van der Waals surface area (Å²) >= 11 is 0. The van der Waals surface area contributed by atoms with Crippen molar-refractivity contribution in [1.29, 1.82) is 5.26 Å². The first-order valence-corrected chi connectivity index (χ1v) is 3.45. The van der Waals surface area contributed by atoms with Crippen LogP contribution in [0.25, 0.3) is 0 Å². The van der Waals surface area contributed by atoms with Crippen LogP contribution in [0.15, 0.2) is 29.4 Å². The van der Waals surface area contributed by atoms with E-state index in [1.165, 1.54) is 0 Å². The Morgan fingerprint density at radius 3 is 2.92 bits per heavy atom. The van der Waals surface area contributed by atoms with Gasteiger partial charge >= 0.3 is 0 Å². The van der Waals surface area contributed by atoms with Gasteiger partial charge < -0.3 is 5.21 Å². The fourth-order valence-electron chi connectivity index (χ4n) is 1.18. The Balaban J connectivity index is 2.62. The van der Waals surface area contributed by atoms with Gasteiger partial charge in [0.25, 0.3) is 0 Å². The highest BCUT2D eigenvalue weighted by Gasteiger charge is 2.22. The quantitative estimate of drug-likeness (QED) is 0.539. The Morgan fingerprint density at radius 2 is 2.17 bits per heavy atom. The van der Waals surface area contributed by atoms with Gasteiger partial charge in [-0.1, -0.05) is 17.2 Å². The zero-order valence-corrected chi connectivity index (χ0v) is 6.11. The number of fused-ring (bicyclic) bond motifs is 1. The number of hydrogen-bond acceptors (Lipinski definition) is 3. The Bertz CT molecular complexity index is 392. The fourth-order valence-corrected chi connectivity index (χ4v) is 1.18. The molecule has 0 bridgehead atoms. The minimum absolute atomic E-state index is 0.218. The highest BCUT2D eigenvalue weighted by atomic mass is 16.5. The van der Waals surface area contributed by atoms with Crippen LogP contribution >= 0.6 is 0 Å². The number of quaternary nitrogens is 1. The van der Waals surface area contributed by atoms with Crippen molar-refractivity contribution in [2.24, 2.45) is 5.10 Å². The molecule has 1 heterocycles. The maximum atomic E-state index is 11.1. The minimum Gasteiger partial charge on any atom is -0.601 e. The van der Waals surface area contributed by atoms with Crippen LogP contribution in [0.1, 0.15) is 5.56 Å². The molecule has 0 saturated carbocycles. The van der Waals surface area contributed by atoms with Crippen LogP contribution in [0.2, 0.25) is 0 Å². The van der Waals surface area contributed by atoms with E-state index in [-0.39, 0.29) is 10.9 Å². The maximum absolute atomic E-state index is 11.1. The average Bonchev–Trinajstić information content (AvgIpc) is 2.44. The molecule has 0 spiro atoms. The van der Waals surface area contributed by atoms with E-state index in [1.807, 2.05) is 6.07 Å². The second-order valence-electron chi connectivity index (χ2n) is 2.42. The molecular formula is C8H5N3O. The molecule has 1 aromatic rings.